The van der Waals surface area contributed by atoms with Crippen LogP contribution in [0.4, 0.5) is 0 Å². The summed E-state index contributed by atoms with van der Waals surface area (Å²) in [6, 6.07) is 7.86. The Balaban J connectivity index is 2.70. The molecule has 0 aliphatic heterocycles. The third-order valence-corrected chi connectivity index (χ3v) is 2.76. The molecule has 3 nitrogen and oxygen atoms in total. The van der Waals surface area contributed by atoms with Crippen molar-refractivity contribution in [2.75, 3.05) is 13.2 Å². The van der Waals surface area contributed by atoms with Crippen LogP contribution in [0.15, 0.2) is 24.3 Å². The van der Waals surface area contributed by atoms with Crippen LogP contribution in [0.25, 0.3) is 0 Å². The van der Waals surface area contributed by atoms with Crippen LogP contribution in [-0.4, -0.2) is 19.3 Å². The molecule has 2 atom stereocenters. The summed E-state index contributed by atoms with van der Waals surface area (Å²) in [4.78, 5) is 0. The van der Waals surface area contributed by atoms with Crippen molar-refractivity contribution in [2.45, 2.75) is 39.3 Å². The Morgan fingerprint density at radius 1 is 1.06 bits per heavy atom. The van der Waals surface area contributed by atoms with Crippen LogP contribution in [0.5, 0.6) is 5.75 Å². The first-order chi connectivity index (χ1) is 8.22. The average Bonchev–Trinajstić information content (AvgIpc) is 2.36. The maximum Gasteiger partial charge on any atom is 0.119 e. The van der Waals surface area contributed by atoms with Crippen LogP contribution in [0.1, 0.15) is 38.8 Å². The summed E-state index contributed by atoms with van der Waals surface area (Å²) in [5, 5.41) is 0. The van der Waals surface area contributed by atoms with E-state index >= 15 is 0 Å². The number of ether oxygens (including phenoxy) is 2. The number of hydrogen-bond acceptors (Lipinski definition) is 3. The van der Waals surface area contributed by atoms with Gasteiger partial charge in [0.1, 0.15) is 5.75 Å². The number of benzene rings is 1. The number of rotatable bonds is 7. The lowest BCUT2D eigenvalue weighted by molar-refractivity contribution is 0.0413. The van der Waals surface area contributed by atoms with Crippen molar-refractivity contribution in [3.8, 4) is 5.75 Å². The normalized spacial score (nSPS) is 14.4. The van der Waals surface area contributed by atoms with Gasteiger partial charge in [-0.1, -0.05) is 19.1 Å². The van der Waals surface area contributed by atoms with Crippen LogP contribution in [-0.2, 0) is 4.74 Å². The highest BCUT2D eigenvalue weighted by Gasteiger charge is 2.17. The minimum Gasteiger partial charge on any atom is -0.494 e. The molecule has 0 amide bonds. The lowest BCUT2D eigenvalue weighted by atomic mass is 10.0. The molecule has 1 aromatic rings. The SMILES string of the molecule is CCOc1ccc(C(N)C(CC)OCC)cc1. The molecule has 2 unspecified atom stereocenters. The molecule has 0 aliphatic rings. The summed E-state index contributed by atoms with van der Waals surface area (Å²) in [7, 11) is 0. The van der Waals surface area contributed by atoms with Crippen molar-refractivity contribution in [1.29, 1.82) is 0 Å². The number of hydrogen-bond donors (Lipinski definition) is 1. The summed E-state index contributed by atoms with van der Waals surface area (Å²) >= 11 is 0. The monoisotopic (exact) mass is 237 g/mol. The van der Waals surface area contributed by atoms with Gasteiger partial charge in [0.25, 0.3) is 0 Å². The molecule has 0 spiro atoms. The molecule has 17 heavy (non-hydrogen) atoms. The highest BCUT2D eigenvalue weighted by atomic mass is 16.5. The van der Waals surface area contributed by atoms with Crippen molar-refractivity contribution < 1.29 is 9.47 Å². The molecule has 0 saturated carbocycles. The predicted molar refractivity (Wildman–Crippen MR) is 70.2 cm³/mol. The molecule has 0 aliphatic carbocycles. The molecule has 2 N–H and O–H groups in total. The van der Waals surface area contributed by atoms with E-state index < -0.39 is 0 Å². The van der Waals surface area contributed by atoms with E-state index in [-0.39, 0.29) is 12.1 Å². The van der Waals surface area contributed by atoms with Crippen LogP contribution < -0.4 is 10.5 Å². The van der Waals surface area contributed by atoms with Crippen molar-refractivity contribution >= 4 is 0 Å². The van der Waals surface area contributed by atoms with Gasteiger partial charge in [-0.25, -0.2) is 0 Å². The zero-order chi connectivity index (χ0) is 12.7. The first kappa shape index (κ1) is 14.0. The highest BCUT2D eigenvalue weighted by molar-refractivity contribution is 5.29. The van der Waals surface area contributed by atoms with E-state index in [0.717, 1.165) is 17.7 Å². The van der Waals surface area contributed by atoms with Crippen LogP contribution in [0, 0.1) is 0 Å². The second kappa shape index (κ2) is 7.30. The second-order valence-corrected chi connectivity index (χ2v) is 3.93. The molecular weight excluding hydrogens is 214 g/mol. The Bertz CT molecular complexity index is 311. The first-order valence-corrected chi connectivity index (χ1v) is 6.32. The van der Waals surface area contributed by atoms with Gasteiger partial charge in [0.05, 0.1) is 18.8 Å². The lowest BCUT2D eigenvalue weighted by Gasteiger charge is -2.23. The summed E-state index contributed by atoms with van der Waals surface area (Å²) in [6.07, 6.45) is 1.00. The summed E-state index contributed by atoms with van der Waals surface area (Å²) < 4.78 is 11.0. The lowest BCUT2D eigenvalue weighted by Crippen LogP contribution is -2.28. The molecule has 1 rings (SSSR count). The van der Waals surface area contributed by atoms with Crippen molar-refractivity contribution in [2.24, 2.45) is 5.73 Å². The van der Waals surface area contributed by atoms with E-state index in [9.17, 15) is 0 Å². The molecule has 0 heterocycles. The molecular formula is C14H23NO2. The van der Waals surface area contributed by atoms with Crippen LogP contribution >= 0.6 is 0 Å². The van der Waals surface area contributed by atoms with Crippen molar-refractivity contribution in [1.82, 2.24) is 0 Å². The average molecular weight is 237 g/mol. The topological polar surface area (TPSA) is 44.5 Å². The van der Waals surface area contributed by atoms with Crippen molar-refractivity contribution in [3.63, 3.8) is 0 Å². The highest BCUT2D eigenvalue weighted by Crippen LogP contribution is 2.21. The van der Waals surface area contributed by atoms with E-state index in [1.807, 2.05) is 38.1 Å². The molecule has 0 fully saturated rings. The van der Waals surface area contributed by atoms with Crippen LogP contribution in [0.2, 0.25) is 0 Å². The zero-order valence-corrected chi connectivity index (χ0v) is 11.0. The van der Waals surface area contributed by atoms with Gasteiger partial charge in [-0.15, -0.1) is 0 Å². The minimum atomic E-state index is -0.0735. The maximum atomic E-state index is 6.19. The number of nitrogens with two attached hydrogens (primary N) is 1. The van der Waals surface area contributed by atoms with Crippen molar-refractivity contribution in [3.05, 3.63) is 29.8 Å². The molecule has 0 radical (unpaired) electrons. The largest absolute Gasteiger partial charge is 0.494 e. The molecule has 0 aromatic heterocycles. The summed E-state index contributed by atoms with van der Waals surface area (Å²) in [5.41, 5.74) is 7.29. The fourth-order valence-electron chi connectivity index (χ4n) is 1.86. The first-order valence-electron chi connectivity index (χ1n) is 6.32. The van der Waals surface area contributed by atoms with Gasteiger partial charge < -0.3 is 15.2 Å². The van der Waals surface area contributed by atoms with E-state index in [1.165, 1.54) is 0 Å². The zero-order valence-electron chi connectivity index (χ0n) is 11.0. The molecule has 0 bridgehead atoms. The van der Waals surface area contributed by atoms with E-state index in [1.54, 1.807) is 0 Å². The predicted octanol–water partition coefficient (Wildman–Crippen LogP) is 2.90. The standard InChI is InChI=1S/C14H23NO2/c1-4-13(17-6-3)14(15)11-7-9-12(10-8-11)16-5-2/h7-10,13-14H,4-6,15H2,1-3H3. The van der Waals surface area contributed by atoms with Crippen LogP contribution in [0.3, 0.4) is 0 Å². The molecule has 3 heteroatoms. The Labute approximate surface area is 104 Å². The van der Waals surface area contributed by atoms with E-state index in [2.05, 4.69) is 6.92 Å². The Morgan fingerprint density at radius 3 is 2.18 bits per heavy atom. The summed E-state index contributed by atoms with van der Waals surface area (Å²) in [6.45, 7) is 7.44. The second-order valence-electron chi connectivity index (χ2n) is 3.93. The fraction of sp³-hybridized carbons (Fsp3) is 0.571. The Hall–Kier alpha value is -1.06. The quantitative estimate of drug-likeness (QED) is 0.793. The van der Waals surface area contributed by atoms with E-state index in [4.69, 9.17) is 15.2 Å². The van der Waals surface area contributed by atoms with Gasteiger partial charge in [0.15, 0.2) is 0 Å². The third kappa shape index (κ3) is 4.02. The fourth-order valence-corrected chi connectivity index (χ4v) is 1.86. The molecule has 96 valence electrons. The Morgan fingerprint density at radius 2 is 1.71 bits per heavy atom. The van der Waals surface area contributed by atoms with Gasteiger partial charge in [-0.05, 0) is 38.0 Å². The smallest absolute Gasteiger partial charge is 0.119 e. The van der Waals surface area contributed by atoms with Gasteiger partial charge in [0, 0.05) is 6.61 Å². The van der Waals surface area contributed by atoms with Gasteiger partial charge in [0.2, 0.25) is 0 Å². The Kier molecular flexibility index (Phi) is 6.01. The van der Waals surface area contributed by atoms with Gasteiger partial charge in [-0.3, -0.25) is 0 Å². The van der Waals surface area contributed by atoms with E-state index in [0.29, 0.717) is 13.2 Å². The molecule has 0 saturated heterocycles. The van der Waals surface area contributed by atoms with Gasteiger partial charge >= 0.3 is 0 Å². The third-order valence-electron chi connectivity index (χ3n) is 2.76. The van der Waals surface area contributed by atoms with Gasteiger partial charge in [-0.2, -0.15) is 0 Å². The molecule has 1 aromatic carbocycles. The minimum absolute atomic E-state index is 0.0735. The maximum absolute atomic E-state index is 6.19. The summed E-state index contributed by atoms with van der Waals surface area (Å²) in [5.74, 6) is 0.882.